The van der Waals surface area contributed by atoms with Crippen molar-refractivity contribution >= 4 is 19.7 Å². The summed E-state index contributed by atoms with van der Waals surface area (Å²) in [5.41, 5.74) is 7.47. The van der Waals surface area contributed by atoms with Crippen LogP contribution in [-0.2, 0) is 55.7 Å². The number of fused-ring (bicyclic) bond motifs is 2. The Bertz CT molecular complexity index is 2120. The van der Waals surface area contributed by atoms with Crippen molar-refractivity contribution in [2.24, 2.45) is 0 Å². The fourth-order valence-corrected chi connectivity index (χ4v) is 8.17. The van der Waals surface area contributed by atoms with E-state index in [-0.39, 0.29) is 26.4 Å². The maximum atomic E-state index is 12.3. The molecule has 7 rings (SSSR count). The van der Waals surface area contributed by atoms with E-state index in [1.54, 1.807) is 0 Å². The second-order valence-electron chi connectivity index (χ2n) is 15.7. The van der Waals surface area contributed by atoms with E-state index in [9.17, 15) is 5.11 Å². The van der Waals surface area contributed by atoms with E-state index in [4.69, 9.17) is 40.0 Å². The molecule has 2 aliphatic rings. The summed E-state index contributed by atoms with van der Waals surface area (Å²) < 4.78 is 40.9. The van der Waals surface area contributed by atoms with Gasteiger partial charge < -0.3 is 33.5 Å². The average molecular weight is 803 g/mol. The molecule has 9 heteroatoms. The van der Waals surface area contributed by atoms with Gasteiger partial charge in [0.15, 0.2) is 5.60 Å². The number of hydrogen-bond acceptors (Lipinski definition) is 7. The van der Waals surface area contributed by atoms with Gasteiger partial charge in [-0.2, -0.15) is 0 Å². The zero-order valence-corrected chi connectivity index (χ0v) is 34.8. The zero-order valence-electron chi connectivity index (χ0n) is 33.0. The molecule has 0 aromatic heterocycles. The quantitative estimate of drug-likeness (QED) is 0.0836. The highest BCUT2D eigenvalue weighted by Gasteiger charge is 2.71. The summed E-state index contributed by atoms with van der Waals surface area (Å²) in [4.78, 5) is 0. The van der Waals surface area contributed by atoms with E-state index in [0.29, 0.717) is 23.6 Å². The lowest BCUT2D eigenvalue weighted by atomic mass is 9.80. The lowest BCUT2D eigenvalue weighted by molar-refractivity contribution is -0.357. The molecular formula is C48H51ClO7Si. The molecule has 1 N–H and O–H groups in total. The topological polar surface area (TPSA) is 75.6 Å². The normalized spacial score (nSPS) is 23.4. The van der Waals surface area contributed by atoms with Gasteiger partial charge in [0.05, 0.1) is 33.0 Å². The summed E-state index contributed by atoms with van der Waals surface area (Å²) >= 11 is 6.94. The molecule has 296 valence electrons. The molecule has 7 nitrogen and oxygen atoms in total. The van der Waals surface area contributed by atoms with Crippen molar-refractivity contribution in [3.05, 3.63) is 172 Å². The number of rotatable bonds is 15. The third-order valence-corrected chi connectivity index (χ3v) is 11.5. The van der Waals surface area contributed by atoms with Crippen LogP contribution in [0.15, 0.2) is 133 Å². The van der Waals surface area contributed by atoms with Crippen LogP contribution < -0.4 is 4.74 Å². The highest BCUT2D eigenvalue weighted by Crippen LogP contribution is 2.54. The predicted octanol–water partition coefficient (Wildman–Crippen LogP) is 9.28. The summed E-state index contributed by atoms with van der Waals surface area (Å²) in [7, 11) is -1.93. The van der Waals surface area contributed by atoms with Crippen molar-refractivity contribution in [3.8, 4) is 17.2 Å². The number of aliphatic hydroxyl groups excluding tert-OH is 1. The number of aliphatic hydroxyl groups is 1. The summed E-state index contributed by atoms with van der Waals surface area (Å²) in [5, 5.41) is 12.9. The molecule has 6 atom stereocenters. The number of hydrogen-bond donors (Lipinski definition) is 1. The smallest absolute Gasteiger partial charge is 0.225 e. The molecule has 5 aromatic carbocycles. The molecule has 0 amide bonds. The minimum Gasteiger partial charge on any atom is -0.494 e. The Morgan fingerprint density at radius 2 is 1.30 bits per heavy atom. The van der Waals surface area contributed by atoms with Crippen LogP contribution in [0.2, 0.25) is 24.7 Å². The molecule has 57 heavy (non-hydrogen) atoms. The van der Waals surface area contributed by atoms with E-state index in [1.807, 2.05) is 140 Å². The first-order chi connectivity index (χ1) is 27.6. The molecule has 2 bridgehead atoms. The largest absolute Gasteiger partial charge is 0.494 e. The van der Waals surface area contributed by atoms with Gasteiger partial charge in [0.1, 0.15) is 38.2 Å². The van der Waals surface area contributed by atoms with E-state index in [0.717, 1.165) is 33.6 Å². The Hall–Kier alpha value is -4.27. The van der Waals surface area contributed by atoms with Crippen LogP contribution in [0.3, 0.4) is 0 Å². The van der Waals surface area contributed by atoms with Gasteiger partial charge >= 0.3 is 0 Å². The monoisotopic (exact) mass is 802 g/mol. The molecule has 2 fully saturated rings. The van der Waals surface area contributed by atoms with Gasteiger partial charge in [0, 0.05) is 10.6 Å². The van der Waals surface area contributed by atoms with Crippen LogP contribution in [0.25, 0.3) is 0 Å². The van der Waals surface area contributed by atoms with E-state index in [1.165, 1.54) is 0 Å². The molecule has 2 heterocycles. The molecule has 2 aliphatic heterocycles. The highest BCUT2D eigenvalue weighted by molar-refractivity contribution is 6.83. The summed E-state index contributed by atoms with van der Waals surface area (Å²) in [6.45, 7) is 9.70. The Balaban J connectivity index is 1.36. The Morgan fingerprint density at radius 3 is 1.86 bits per heavy atom. The van der Waals surface area contributed by atoms with Crippen LogP contribution in [0.4, 0.5) is 0 Å². The molecule has 1 unspecified atom stereocenters. The zero-order chi connectivity index (χ0) is 39.9. The number of benzene rings is 5. The van der Waals surface area contributed by atoms with Gasteiger partial charge in [0.2, 0.25) is 5.79 Å². The summed E-state index contributed by atoms with van der Waals surface area (Å²) in [6.07, 6.45) is -3.24. The maximum absolute atomic E-state index is 12.3. The number of ether oxygens (including phenoxy) is 6. The van der Waals surface area contributed by atoms with E-state index < -0.39 is 43.9 Å². The summed E-state index contributed by atoms with van der Waals surface area (Å²) in [6, 6.07) is 43.8. The van der Waals surface area contributed by atoms with Crippen molar-refractivity contribution in [1.82, 2.24) is 0 Å². The molecule has 0 saturated carbocycles. The Morgan fingerprint density at radius 1 is 0.737 bits per heavy atom. The van der Waals surface area contributed by atoms with Crippen LogP contribution in [-0.4, -0.2) is 56.4 Å². The summed E-state index contributed by atoms with van der Waals surface area (Å²) in [5.74, 6) is 2.47. The lowest BCUT2D eigenvalue weighted by Gasteiger charge is -2.51. The van der Waals surface area contributed by atoms with Crippen LogP contribution in [0.1, 0.15) is 40.3 Å². The van der Waals surface area contributed by atoms with Crippen molar-refractivity contribution in [2.45, 2.75) is 88.6 Å². The molecule has 0 spiro atoms. The van der Waals surface area contributed by atoms with Crippen LogP contribution >= 0.6 is 11.6 Å². The van der Waals surface area contributed by atoms with Crippen molar-refractivity contribution < 1.29 is 33.5 Å². The van der Waals surface area contributed by atoms with Crippen LogP contribution in [0, 0.1) is 11.5 Å². The first-order valence-corrected chi connectivity index (χ1v) is 23.5. The molecule has 2 saturated heterocycles. The van der Waals surface area contributed by atoms with Gasteiger partial charge in [-0.25, -0.2) is 0 Å². The first kappa shape index (κ1) is 40.9. The second-order valence-corrected chi connectivity index (χ2v) is 20.8. The van der Waals surface area contributed by atoms with Crippen molar-refractivity contribution in [1.29, 1.82) is 0 Å². The molecule has 0 aliphatic carbocycles. The van der Waals surface area contributed by atoms with E-state index in [2.05, 4.69) is 31.1 Å². The van der Waals surface area contributed by atoms with Crippen molar-refractivity contribution in [3.63, 3.8) is 0 Å². The third kappa shape index (κ3) is 9.55. The molecule has 0 radical (unpaired) electrons. The van der Waals surface area contributed by atoms with Gasteiger partial charge in [-0.15, -0.1) is 5.54 Å². The van der Waals surface area contributed by atoms with Gasteiger partial charge in [-0.1, -0.05) is 146 Å². The first-order valence-electron chi connectivity index (χ1n) is 19.6. The SMILES string of the molecule is CCOc1ccc(Cc2cc([C@]34OC[C@@](C(O)C#C[Si](C)(C)C)(O3)[C@@H](OCc3ccccc3)[C@H](OCc3ccccc3)[C@@H]4OCc3ccccc3)ccc2Cl)cc1. The lowest BCUT2D eigenvalue weighted by Crippen LogP contribution is -2.69. The minimum absolute atomic E-state index is 0.0265. The van der Waals surface area contributed by atoms with Gasteiger partial charge in [-0.3, -0.25) is 0 Å². The van der Waals surface area contributed by atoms with Crippen molar-refractivity contribution in [2.75, 3.05) is 13.2 Å². The van der Waals surface area contributed by atoms with Gasteiger partial charge in [0.25, 0.3) is 0 Å². The molecule has 5 aromatic rings. The Kier molecular flexibility index (Phi) is 13.0. The standard InChI is InChI=1S/C48H51ClO7Si/c1-5-51-41-24-21-35(22-25-41)29-39-30-40(23-26-42(39)49)48-46(54-33-38-19-13-8-14-20-38)44(52-31-36-15-9-6-10-16-36)45(53-32-37-17-11-7-12-18-37)47(56-48,34-55-48)43(50)27-28-57(2,3)4/h6-26,30,43-46,50H,5,29,31-34H2,1-4H3/t43?,44-,45-,46-,47-,48-/m0/s1. The average Bonchev–Trinajstić information content (AvgIpc) is 3.59. The van der Waals surface area contributed by atoms with E-state index >= 15 is 0 Å². The Labute approximate surface area is 342 Å². The minimum atomic E-state index is -1.93. The predicted molar refractivity (Wildman–Crippen MR) is 226 cm³/mol. The van der Waals surface area contributed by atoms with Gasteiger partial charge in [-0.05, 0) is 65.4 Å². The number of halogens is 1. The fraction of sp³-hybridized carbons (Fsp3) is 0.333. The molecular weight excluding hydrogens is 752 g/mol. The highest BCUT2D eigenvalue weighted by atomic mass is 35.5. The fourth-order valence-electron chi connectivity index (χ4n) is 7.42. The second kappa shape index (κ2) is 18.1. The maximum Gasteiger partial charge on any atom is 0.225 e. The third-order valence-electron chi connectivity index (χ3n) is 10.3. The van der Waals surface area contributed by atoms with Crippen LogP contribution in [0.5, 0.6) is 5.75 Å².